The van der Waals surface area contributed by atoms with Crippen molar-refractivity contribution in [3.63, 3.8) is 0 Å². The predicted octanol–water partition coefficient (Wildman–Crippen LogP) is 6.99. The largest absolute Gasteiger partial charge is 0.453 e. The Labute approximate surface area is 337 Å². The number of hydrogen-bond donors (Lipinski definition) is 4. The summed E-state index contributed by atoms with van der Waals surface area (Å²) < 4.78 is 9.57. The van der Waals surface area contributed by atoms with Gasteiger partial charge in [0.2, 0.25) is 11.8 Å². The third-order valence-corrected chi connectivity index (χ3v) is 11.1. The zero-order chi connectivity index (χ0) is 41.1. The number of nitrogens with zero attached hydrogens (tertiary/aromatic N) is 4. The van der Waals surface area contributed by atoms with Gasteiger partial charge in [-0.15, -0.1) is 0 Å². The molecule has 58 heavy (non-hydrogen) atoms. The third-order valence-electron chi connectivity index (χ3n) is 11.1. The summed E-state index contributed by atoms with van der Waals surface area (Å²) in [6, 6.07) is 22.2. The molecule has 4 N–H and O–H groups in total. The first-order chi connectivity index (χ1) is 28.0. The van der Waals surface area contributed by atoms with Crippen molar-refractivity contribution >= 4 is 24.0 Å². The molecular formula is C44H50N8O6. The van der Waals surface area contributed by atoms with E-state index in [-0.39, 0.29) is 29.7 Å². The number of H-pyrrole nitrogens is 2. The van der Waals surface area contributed by atoms with Crippen LogP contribution in [0.5, 0.6) is 0 Å². The van der Waals surface area contributed by atoms with Crippen molar-refractivity contribution in [2.24, 2.45) is 11.8 Å². The lowest BCUT2D eigenvalue weighted by Crippen LogP contribution is -2.51. The Bertz CT molecular complexity index is 2260. The average Bonchev–Trinajstić information content (AvgIpc) is 4.07. The number of methoxy groups -OCH3 is 2. The monoisotopic (exact) mass is 786 g/mol. The molecule has 0 saturated carbocycles. The van der Waals surface area contributed by atoms with Crippen molar-refractivity contribution in [3.05, 3.63) is 108 Å². The van der Waals surface area contributed by atoms with Crippen LogP contribution in [0.25, 0.3) is 33.6 Å². The van der Waals surface area contributed by atoms with E-state index in [9.17, 15) is 19.2 Å². The molecule has 1 fully saturated rings. The van der Waals surface area contributed by atoms with Gasteiger partial charge < -0.3 is 39.9 Å². The highest BCUT2D eigenvalue weighted by Crippen LogP contribution is 2.39. The number of rotatable bonds is 11. The standard InChI is InChI=1S/C44H50N8O6/c1-25(2)36(49-43(55)57-5)41(53)51-21-9-12-35(51)39-45-22-33(47-39)29-17-13-27(14-18-29)28-15-19-30(20-16-28)34-23-46-40(48-34)38-32-11-8-7-10-31(32)24-52(38)42(54)37(26(3)4)50-44(56)58-6/h7-8,10-11,13-20,22-23,25-26,35-38H,9,12,21,24H2,1-6H3,(H,45,47)(H,46,48)(H,49,55)(H,50,56). The van der Waals surface area contributed by atoms with Gasteiger partial charge >= 0.3 is 12.2 Å². The third kappa shape index (κ3) is 8.04. The summed E-state index contributed by atoms with van der Waals surface area (Å²) in [6.07, 6.45) is 4.00. The molecule has 14 nitrogen and oxygen atoms in total. The molecule has 4 unspecified atom stereocenters. The Balaban J connectivity index is 1.05. The topological polar surface area (TPSA) is 175 Å². The molecule has 2 aliphatic rings. The zero-order valence-corrected chi connectivity index (χ0v) is 33.6. The number of aromatic nitrogens is 4. The summed E-state index contributed by atoms with van der Waals surface area (Å²) >= 11 is 0. The Morgan fingerprint density at radius 1 is 0.741 bits per heavy atom. The number of benzene rings is 3. The minimum atomic E-state index is -0.765. The van der Waals surface area contributed by atoms with Crippen LogP contribution in [0.4, 0.5) is 9.59 Å². The SMILES string of the molecule is COC(=O)NC(C(=O)N1CCCC1c1nc(-c2ccc(-c3ccc(-c4cnc(C5c6ccccc6CN5C(=O)C(NC(=O)OC)C(C)C)[nH]4)cc3)cc2)c[nH]1)C(C)C. The Kier molecular flexibility index (Phi) is 11.6. The molecule has 0 radical (unpaired) electrons. The number of imidazole rings is 2. The fourth-order valence-electron chi connectivity index (χ4n) is 7.91. The maximum atomic E-state index is 14.0. The normalized spacial score (nSPS) is 17.2. The molecule has 2 aromatic heterocycles. The van der Waals surface area contributed by atoms with E-state index in [4.69, 9.17) is 19.4 Å². The van der Waals surface area contributed by atoms with E-state index in [0.29, 0.717) is 18.9 Å². The number of ether oxygens (including phenoxy) is 2. The number of alkyl carbamates (subject to hydrolysis) is 2. The molecule has 7 rings (SSSR count). The van der Waals surface area contributed by atoms with E-state index in [2.05, 4.69) is 44.9 Å². The minimum Gasteiger partial charge on any atom is -0.453 e. The van der Waals surface area contributed by atoms with Gasteiger partial charge in [-0.05, 0) is 52.5 Å². The molecular weight excluding hydrogens is 737 g/mol. The van der Waals surface area contributed by atoms with Crippen LogP contribution >= 0.6 is 0 Å². The van der Waals surface area contributed by atoms with E-state index in [1.807, 2.05) is 82.4 Å². The molecule has 4 amide bonds. The second-order valence-corrected chi connectivity index (χ2v) is 15.5. The van der Waals surface area contributed by atoms with Gasteiger partial charge in [-0.2, -0.15) is 0 Å². The Morgan fingerprint density at radius 2 is 1.31 bits per heavy atom. The van der Waals surface area contributed by atoms with Crippen LogP contribution in [0.2, 0.25) is 0 Å². The average molecular weight is 787 g/mol. The number of likely N-dealkylation sites (tertiary alicyclic amines) is 1. The molecule has 4 heterocycles. The molecule has 3 aromatic carbocycles. The molecule has 2 aliphatic heterocycles. The molecule has 0 aliphatic carbocycles. The van der Waals surface area contributed by atoms with Crippen LogP contribution in [0.1, 0.15) is 75.4 Å². The molecule has 1 saturated heterocycles. The van der Waals surface area contributed by atoms with Gasteiger partial charge in [-0.1, -0.05) is 100 Å². The number of aromatic amines is 2. The van der Waals surface area contributed by atoms with E-state index < -0.39 is 30.3 Å². The van der Waals surface area contributed by atoms with Crippen molar-refractivity contribution in [3.8, 4) is 33.6 Å². The Morgan fingerprint density at radius 3 is 1.91 bits per heavy atom. The highest BCUT2D eigenvalue weighted by Gasteiger charge is 2.41. The van der Waals surface area contributed by atoms with E-state index in [1.165, 1.54) is 14.2 Å². The quantitative estimate of drug-likeness (QED) is 0.111. The van der Waals surface area contributed by atoms with Crippen molar-refractivity contribution < 1.29 is 28.7 Å². The number of nitrogens with one attached hydrogen (secondary N) is 4. The summed E-state index contributed by atoms with van der Waals surface area (Å²) in [5.41, 5.74) is 7.58. The summed E-state index contributed by atoms with van der Waals surface area (Å²) in [7, 11) is 2.57. The highest BCUT2D eigenvalue weighted by atomic mass is 16.5. The summed E-state index contributed by atoms with van der Waals surface area (Å²) in [6.45, 7) is 8.57. The lowest BCUT2D eigenvalue weighted by Gasteiger charge is -2.30. The van der Waals surface area contributed by atoms with Gasteiger partial charge in [0.05, 0.1) is 37.8 Å². The second-order valence-electron chi connectivity index (χ2n) is 15.5. The van der Waals surface area contributed by atoms with Crippen LogP contribution in [-0.2, 0) is 25.6 Å². The fraction of sp³-hybridized carbons (Fsp3) is 0.364. The summed E-state index contributed by atoms with van der Waals surface area (Å²) in [5, 5.41) is 5.41. The second kappa shape index (κ2) is 17.0. The van der Waals surface area contributed by atoms with Crippen molar-refractivity contribution in [2.45, 2.75) is 71.2 Å². The number of carbonyl (C=O) groups is 4. The number of carbonyl (C=O) groups excluding carboxylic acids is 4. The molecule has 4 atom stereocenters. The minimum absolute atomic E-state index is 0.110. The summed E-state index contributed by atoms with van der Waals surface area (Å²) in [4.78, 5) is 71.7. The van der Waals surface area contributed by atoms with Crippen LogP contribution in [0.15, 0.2) is 85.2 Å². The van der Waals surface area contributed by atoms with Gasteiger partial charge in [0.15, 0.2) is 0 Å². The maximum absolute atomic E-state index is 14.0. The molecule has 0 spiro atoms. The number of fused-ring (bicyclic) bond motifs is 1. The Hall–Kier alpha value is -6.44. The van der Waals surface area contributed by atoms with Gasteiger partial charge in [-0.3, -0.25) is 9.59 Å². The fourth-order valence-corrected chi connectivity index (χ4v) is 7.91. The molecule has 14 heteroatoms. The number of hydrogen-bond acceptors (Lipinski definition) is 8. The molecule has 5 aromatic rings. The van der Waals surface area contributed by atoms with E-state index >= 15 is 0 Å². The smallest absolute Gasteiger partial charge is 0.407 e. The van der Waals surface area contributed by atoms with Crippen molar-refractivity contribution in [1.29, 1.82) is 0 Å². The summed E-state index contributed by atoms with van der Waals surface area (Å²) in [5.74, 6) is 0.731. The first kappa shape index (κ1) is 39.8. The van der Waals surface area contributed by atoms with Gasteiger partial charge in [0, 0.05) is 24.8 Å². The van der Waals surface area contributed by atoms with Crippen LogP contribution in [0, 0.1) is 11.8 Å². The van der Waals surface area contributed by atoms with Crippen molar-refractivity contribution in [1.82, 2.24) is 40.4 Å². The van der Waals surface area contributed by atoms with Gasteiger partial charge in [-0.25, -0.2) is 19.6 Å². The first-order valence-electron chi connectivity index (χ1n) is 19.7. The lowest BCUT2D eigenvalue weighted by atomic mass is 10.0. The van der Waals surface area contributed by atoms with Crippen LogP contribution in [0.3, 0.4) is 0 Å². The van der Waals surface area contributed by atoms with Crippen molar-refractivity contribution in [2.75, 3.05) is 20.8 Å². The van der Waals surface area contributed by atoms with E-state index in [0.717, 1.165) is 63.4 Å². The zero-order valence-electron chi connectivity index (χ0n) is 33.6. The maximum Gasteiger partial charge on any atom is 0.407 e. The first-order valence-corrected chi connectivity index (χ1v) is 19.7. The van der Waals surface area contributed by atoms with Crippen LogP contribution in [-0.4, -0.2) is 86.6 Å². The lowest BCUT2D eigenvalue weighted by molar-refractivity contribution is -0.136. The molecule has 302 valence electrons. The van der Waals surface area contributed by atoms with Gasteiger partial charge in [0.25, 0.3) is 0 Å². The molecule has 0 bridgehead atoms. The predicted molar refractivity (Wildman–Crippen MR) is 218 cm³/mol. The van der Waals surface area contributed by atoms with Gasteiger partial charge in [0.1, 0.15) is 29.8 Å². The number of amides is 4. The highest BCUT2D eigenvalue weighted by molar-refractivity contribution is 5.88. The van der Waals surface area contributed by atoms with E-state index in [1.54, 1.807) is 16.0 Å². The van der Waals surface area contributed by atoms with Crippen LogP contribution < -0.4 is 10.6 Å².